The van der Waals surface area contributed by atoms with E-state index in [0.717, 1.165) is 5.56 Å². The number of hydrogen-bond donors (Lipinski definition) is 2. The van der Waals surface area contributed by atoms with E-state index in [-0.39, 0.29) is 19.0 Å². The summed E-state index contributed by atoms with van der Waals surface area (Å²) in [6.45, 7) is 2.83. The lowest BCUT2D eigenvalue weighted by Gasteiger charge is -2.18. The van der Waals surface area contributed by atoms with Gasteiger partial charge in [0, 0.05) is 13.1 Å². The molecule has 0 amide bonds. The highest BCUT2D eigenvalue weighted by molar-refractivity contribution is 5.69. The van der Waals surface area contributed by atoms with Crippen molar-refractivity contribution in [1.82, 2.24) is 25.5 Å². The van der Waals surface area contributed by atoms with Crippen molar-refractivity contribution in [2.24, 2.45) is 5.73 Å². The van der Waals surface area contributed by atoms with Crippen molar-refractivity contribution in [3.05, 3.63) is 41.5 Å². The minimum absolute atomic E-state index is 0.0990. The summed E-state index contributed by atoms with van der Waals surface area (Å²) in [6.07, 6.45) is 0. The van der Waals surface area contributed by atoms with Crippen LogP contribution in [-0.2, 0) is 16.1 Å². The molecule has 0 radical (unpaired) electrons. The van der Waals surface area contributed by atoms with Crippen molar-refractivity contribution in [2.45, 2.75) is 19.5 Å². The molecule has 1 aromatic carbocycles. The van der Waals surface area contributed by atoms with E-state index >= 15 is 0 Å². The van der Waals surface area contributed by atoms with Gasteiger partial charge in [-0.1, -0.05) is 12.1 Å². The van der Waals surface area contributed by atoms with Crippen molar-refractivity contribution in [3.8, 4) is 0 Å². The Bertz CT molecular complexity index is 630. The highest BCUT2D eigenvalue weighted by Crippen LogP contribution is 2.20. The molecular formula is C14H19FN6O2. The first-order valence-electron chi connectivity index (χ1n) is 7.26. The quantitative estimate of drug-likeness (QED) is 0.659. The lowest BCUT2D eigenvalue weighted by molar-refractivity contribution is -0.144. The number of nitrogens with one attached hydrogen (secondary N) is 1. The third kappa shape index (κ3) is 4.54. The van der Waals surface area contributed by atoms with Gasteiger partial charge >= 0.3 is 5.97 Å². The molecule has 0 fully saturated rings. The molecule has 0 aliphatic heterocycles. The zero-order valence-corrected chi connectivity index (χ0v) is 12.8. The Labute approximate surface area is 132 Å². The molecule has 0 saturated carbocycles. The molecule has 1 heterocycles. The number of carbonyl (C=O) groups is 1. The largest absolute Gasteiger partial charge is 0.465 e. The standard InChI is InChI=1S/C14H19FN6O2/c1-2-23-12(22)9-21-14(18-19-20-21)13(17-8-7-16)10-3-5-11(15)6-4-10/h3-6,13,17H,2,7-9,16H2,1H3. The summed E-state index contributed by atoms with van der Waals surface area (Å²) >= 11 is 0. The molecule has 9 heteroatoms. The second kappa shape index (κ2) is 8.30. The topological polar surface area (TPSA) is 108 Å². The minimum atomic E-state index is -0.433. The van der Waals surface area contributed by atoms with Gasteiger partial charge in [-0.15, -0.1) is 5.10 Å². The Morgan fingerprint density at radius 2 is 2.17 bits per heavy atom. The Hall–Kier alpha value is -2.39. The maximum atomic E-state index is 13.1. The van der Waals surface area contributed by atoms with Gasteiger partial charge in [0.15, 0.2) is 5.82 Å². The van der Waals surface area contributed by atoms with Gasteiger partial charge in [0.2, 0.25) is 0 Å². The van der Waals surface area contributed by atoms with E-state index in [1.165, 1.54) is 16.8 Å². The molecule has 124 valence electrons. The summed E-state index contributed by atoms with van der Waals surface area (Å²) in [5.41, 5.74) is 6.30. The van der Waals surface area contributed by atoms with Gasteiger partial charge in [-0.05, 0) is 35.0 Å². The predicted molar refractivity (Wildman–Crippen MR) is 79.8 cm³/mol. The third-order valence-electron chi connectivity index (χ3n) is 3.10. The predicted octanol–water partition coefficient (Wildman–Crippen LogP) is 0.0130. The number of benzene rings is 1. The number of ether oxygens (including phenoxy) is 1. The number of nitrogens with two attached hydrogens (primary N) is 1. The Kier molecular flexibility index (Phi) is 6.12. The van der Waals surface area contributed by atoms with Crippen LogP contribution in [0.2, 0.25) is 0 Å². The van der Waals surface area contributed by atoms with Crippen molar-refractivity contribution >= 4 is 5.97 Å². The van der Waals surface area contributed by atoms with Gasteiger partial charge < -0.3 is 15.8 Å². The fourth-order valence-corrected chi connectivity index (χ4v) is 2.10. The first kappa shape index (κ1) is 17.0. The van der Waals surface area contributed by atoms with Gasteiger partial charge in [0.25, 0.3) is 0 Å². The van der Waals surface area contributed by atoms with Gasteiger partial charge in [-0.3, -0.25) is 4.79 Å². The van der Waals surface area contributed by atoms with Crippen LogP contribution in [0.15, 0.2) is 24.3 Å². The summed E-state index contributed by atoms with van der Waals surface area (Å²) in [6, 6.07) is 5.56. The second-order valence-electron chi connectivity index (χ2n) is 4.73. The van der Waals surface area contributed by atoms with Crippen LogP contribution >= 0.6 is 0 Å². The summed E-state index contributed by atoms with van der Waals surface area (Å²) < 4.78 is 19.4. The molecule has 3 N–H and O–H groups in total. The fraction of sp³-hybridized carbons (Fsp3) is 0.429. The third-order valence-corrected chi connectivity index (χ3v) is 3.10. The number of nitrogens with zero attached hydrogens (tertiary/aromatic N) is 4. The van der Waals surface area contributed by atoms with Crippen molar-refractivity contribution in [1.29, 1.82) is 0 Å². The van der Waals surface area contributed by atoms with E-state index in [4.69, 9.17) is 10.5 Å². The smallest absolute Gasteiger partial charge is 0.327 e. The van der Waals surface area contributed by atoms with Crippen LogP contribution in [0.25, 0.3) is 0 Å². The Morgan fingerprint density at radius 1 is 1.43 bits per heavy atom. The van der Waals surface area contributed by atoms with E-state index in [9.17, 15) is 9.18 Å². The molecule has 8 nitrogen and oxygen atoms in total. The van der Waals surface area contributed by atoms with Gasteiger partial charge in [-0.25, -0.2) is 9.07 Å². The Morgan fingerprint density at radius 3 is 2.83 bits per heavy atom. The van der Waals surface area contributed by atoms with Crippen LogP contribution in [0.3, 0.4) is 0 Å². The zero-order valence-electron chi connectivity index (χ0n) is 12.8. The number of tetrazole rings is 1. The molecule has 0 aliphatic carbocycles. The maximum Gasteiger partial charge on any atom is 0.327 e. The summed E-state index contributed by atoms with van der Waals surface area (Å²) in [4.78, 5) is 11.7. The molecule has 1 atom stereocenters. The first-order valence-corrected chi connectivity index (χ1v) is 7.26. The van der Waals surface area contributed by atoms with Crippen LogP contribution in [-0.4, -0.2) is 45.9 Å². The first-order chi connectivity index (χ1) is 11.2. The monoisotopic (exact) mass is 322 g/mol. The number of aromatic nitrogens is 4. The fourth-order valence-electron chi connectivity index (χ4n) is 2.10. The number of rotatable bonds is 8. The Balaban J connectivity index is 2.27. The molecular weight excluding hydrogens is 303 g/mol. The molecule has 1 aromatic heterocycles. The average Bonchev–Trinajstić information content (AvgIpc) is 2.97. The molecule has 2 rings (SSSR count). The number of halogens is 1. The molecule has 0 bridgehead atoms. The number of carbonyl (C=O) groups excluding carboxylic acids is 1. The highest BCUT2D eigenvalue weighted by atomic mass is 19.1. The molecule has 2 aromatic rings. The van der Waals surface area contributed by atoms with Crippen LogP contribution < -0.4 is 11.1 Å². The number of esters is 1. The van der Waals surface area contributed by atoms with Crippen molar-refractivity contribution in [3.63, 3.8) is 0 Å². The number of hydrogen-bond acceptors (Lipinski definition) is 7. The lowest BCUT2D eigenvalue weighted by atomic mass is 10.1. The van der Waals surface area contributed by atoms with Crippen LogP contribution in [0.5, 0.6) is 0 Å². The van der Waals surface area contributed by atoms with E-state index < -0.39 is 12.0 Å². The van der Waals surface area contributed by atoms with Crippen LogP contribution in [0, 0.1) is 5.82 Å². The van der Waals surface area contributed by atoms with Crippen LogP contribution in [0.1, 0.15) is 24.4 Å². The van der Waals surface area contributed by atoms with Crippen molar-refractivity contribution < 1.29 is 13.9 Å². The normalized spacial score (nSPS) is 12.1. The van der Waals surface area contributed by atoms with E-state index in [0.29, 0.717) is 18.9 Å². The molecule has 0 saturated heterocycles. The van der Waals surface area contributed by atoms with E-state index in [1.807, 2.05) is 0 Å². The van der Waals surface area contributed by atoms with Crippen LogP contribution in [0.4, 0.5) is 4.39 Å². The van der Waals surface area contributed by atoms with Gasteiger partial charge in [-0.2, -0.15) is 0 Å². The minimum Gasteiger partial charge on any atom is -0.465 e. The average molecular weight is 322 g/mol. The maximum absolute atomic E-state index is 13.1. The van der Waals surface area contributed by atoms with Gasteiger partial charge in [0.05, 0.1) is 12.6 Å². The SMILES string of the molecule is CCOC(=O)Cn1nnnc1C(NCCN)c1ccc(F)cc1. The molecule has 23 heavy (non-hydrogen) atoms. The molecule has 0 spiro atoms. The molecule has 0 aliphatic rings. The van der Waals surface area contributed by atoms with Gasteiger partial charge in [0.1, 0.15) is 12.4 Å². The molecule has 1 unspecified atom stereocenters. The van der Waals surface area contributed by atoms with E-state index in [1.54, 1.807) is 19.1 Å². The summed E-state index contributed by atoms with van der Waals surface area (Å²) in [5, 5.41) is 14.6. The summed E-state index contributed by atoms with van der Waals surface area (Å²) in [7, 11) is 0. The highest BCUT2D eigenvalue weighted by Gasteiger charge is 2.22. The van der Waals surface area contributed by atoms with Crippen molar-refractivity contribution in [2.75, 3.05) is 19.7 Å². The second-order valence-corrected chi connectivity index (χ2v) is 4.73. The lowest BCUT2D eigenvalue weighted by Crippen LogP contribution is -2.31. The zero-order chi connectivity index (χ0) is 16.7. The van der Waals surface area contributed by atoms with E-state index in [2.05, 4.69) is 20.8 Å². The summed E-state index contributed by atoms with van der Waals surface area (Å²) in [5.74, 6) is -0.340.